The molecule has 2 heterocycles. The summed E-state index contributed by atoms with van der Waals surface area (Å²) in [5.41, 5.74) is 2.27. The van der Waals surface area contributed by atoms with E-state index in [4.69, 9.17) is 11.6 Å². The minimum absolute atomic E-state index is 0.569. The molecular weight excluding hydrogens is 282 g/mol. The number of hydrogen-bond donors (Lipinski definition) is 1. The smallest absolute Gasteiger partial charge is 0.0737 e. The lowest BCUT2D eigenvalue weighted by atomic mass is 10.00. The van der Waals surface area contributed by atoms with Gasteiger partial charge in [0.1, 0.15) is 0 Å². The molecule has 1 aliphatic rings. The fourth-order valence-electron chi connectivity index (χ4n) is 3.20. The predicted octanol–water partition coefficient (Wildman–Crippen LogP) is 3.86. The van der Waals surface area contributed by atoms with Crippen LogP contribution >= 0.6 is 11.6 Å². The predicted molar refractivity (Wildman–Crippen MR) is 90.3 cm³/mol. The van der Waals surface area contributed by atoms with Gasteiger partial charge in [-0.15, -0.1) is 0 Å². The molecule has 1 aromatic heterocycles. The van der Waals surface area contributed by atoms with Crippen molar-refractivity contribution in [1.29, 1.82) is 0 Å². The number of nitrogens with zero attached hydrogens (tertiary/aromatic N) is 2. The minimum atomic E-state index is 0.569. The molecule has 0 bridgehead atoms. The lowest BCUT2D eigenvalue weighted by Gasteiger charge is -2.38. The van der Waals surface area contributed by atoms with E-state index in [1.807, 2.05) is 18.3 Å². The monoisotopic (exact) mass is 303 g/mol. The van der Waals surface area contributed by atoms with Gasteiger partial charge in [0.05, 0.1) is 5.52 Å². The molecule has 1 saturated heterocycles. The number of anilines is 1. The average molecular weight is 304 g/mol. The Labute approximate surface area is 131 Å². The molecule has 0 amide bonds. The van der Waals surface area contributed by atoms with Crippen molar-refractivity contribution in [2.45, 2.75) is 32.2 Å². The molecule has 0 saturated carbocycles. The summed E-state index contributed by atoms with van der Waals surface area (Å²) in [5, 5.41) is 5.44. The topological polar surface area (TPSA) is 28.2 Å². The molecule has 1 N–H and O–H groups in total. The lowest BCUT2D eigenvalue weighted by Crippen LogP contribution is -2.45. The van der Waals surface area contributed by atoms with Gasteiger partial charge in [-0.3, -0.25) is 4.98 Å². The number of piperidine rings is 1. The minimum Gasteiger partial charge on any atom is -0.367 e. The summed E-state index contributed by atoms with van der Waals surface area (Å²) in [7, 11) is 0. The standard InChI is InChI=1S/C17H22ClN3/c1-2-19-12-14-5-3-4-10-21(14)17-8-9-20-16-11-13(18)6-7-15(16)17/h6-9,11,14,19H,2-5,10,12H2,1H3. The number of rotatable bonds is 4. The highest BCUT2D eigenvalue weighted by atomic mass is 35.5. The Morgan fingerprint density at radius 1 is 1.33 bits per heavy atom. The molecule has 1 atom stereocenters. The lowest BCUT2D eigenvalue weighted by molar-refractivity contribution is 0.440. The molecule has 1 unspecified atom stereocenters. The number of fused-ring (bicyclic) bond motifs is 1. The van der Waals surface area contributed by atoms with Crippen LogP contribution in [0.2, 0.25) is 5.02 Å². The first-order valence-corrected chi connectivity index (χ1v) is 8.19. The zero-order valence-electron chi connectivity index (χ0n) is 12.5. The van der Waals surface area contributed by atoms with Crippen LogP contribution < -0.4 is 10.2 Å². The van der Waals surface area contributed by atoms with Crippen molar-refractivity contribution in [2.75, 3.05) is 24.5 Å². The summed E-state index contributed by atoms with van der Waals surface area (Å²) in [6.07, 6.45) is 5.73. The SMILES string of the molecule is CCNCC1CCCCN1c1ccnc2cc(Cl)ccc12. The second-order valence-electron chi connectivity index (χ2n) is 5.64. The highest BCUT2D eigenvalue weighted by Gasteiger charge is 2.23. The number of aromatic nitrogens is 1. The Morgan fingerprint density at radius 2 is 2.24 bits per heavy atom. The van der Waals surface area contributed by atoms with E-state index in [2.05, 4.69) is 34.3 Å². The van der Waals surface area contributed by atoms with Gasteiger partial charge in [0.15, 0.2) is 0 Å². The van der Waals surface area contributed by atoms with Crippen LogP contribution in [0.3, 0.4) is 0 Å². The molecule has 112 valence electrons. The Kier molecular flexibility index (Phi) is 4.61. The number of halogens is 1. The maximum Gasteiger partial charge on any atom is 0.0737 e. The number of nitrogens with one attached hydrogen (secondary N) is 1. The van der Waals surface area contributed by atoms with E-state index < -0.39 is 0 Å². The third kappa shape index (κ3) is 3.14. The highest BCUT2D eigenvalue weighted by Crippen LogP contribution is 2.31. The van der Waals surface area contributed by atoms with Crippen molar-refractivity contribution in [3.8, 4) is 0 Å². The highest BCUT2D eigenvalue weighted by molar-refractivity contribution is 6.31. The quantitative estimate of drug-likeness (QED) is 0.929. The van der Waals surface area contributed by atoms with Gasteiger partial charge in [-0.25, -0.2) is 0 Å². The zero-order valence-corrected chi connectivity index (χ0v) is 13.2. The molecule has 21 heavy (non-hydrogen) atoms. The second-order valence-corrected chi connectivity index (χ2v) is 6.08. The van der Waals surface area contributed by atoms with Crippen LogP contribution in [0.1, 0.15) is 26.2 Å². The van der Waals surface area contributed by atoms with Gasteiger partial charge in [-0.1, -0.05) is 18.5 Å². The first-order valence-electron chi connectivity index (χ1n) is 7.81. The van der Waals surface area contributed by atoms with Crippen molar-refractivity contribution in [3.05, 3.63) is 35.5 Å². The Hall–Kier alpha value is -1.32. The summed E-state index contributed by atoms with van der Waals surface area (Å²) in [6, 6.07) is 8.71. The van der Waals surface area contributed by atoms with E-state index in [0.717, 1.165) is 30.2 Å². The van der Waals surface area contributed by atoms with Gasteiger partial charge in [0, 0.05) is 41.4 Å². The van der Waals surface area contributed by atoms with Crippen LogP contribution in [0.15, 0.2) is 30.5 Å². The molecule has 1 fully saturated rings. The van der Waals surface area contributed by atoms with Gasteiger partial charge in [0.2, 0.25) is 0 Å². The van der Waals surface area contributed by atoms with Crippen LogP contribution in [0.5, 0.6) is 0 Å². The van der Waals surface area contributed by atoms with E-state index in [-0.39, 0.29) is 0 Å². The third-order valence-electron chi connectivity index (χ3n) is 4.25. The summed E-state index contributed by atoms with van der Waals surface area (Å²) < 4.78 is 0. The summed E-state index contributed by atoms with van der Waals surface area (Å²) in [5.74, 6) is 0. The molecule has 0 radical (unpaired) electrons. The number of benzene rings is 1. The van der Waals surface area contributed by atoms with Crippen molar-refractivity contribution in [2.24, 2.45) is 0 Å². The molecule has 4 heteroatoms. The molecule has 3 nitrogen and oxygen atoms in total. The van der Waals surface area contributed by atoms with Crippen molar-refractivity contribution in [3.63, 3.8) is 0 Å². The molecular formula is C17H22ClN3. The maximum atomic E-state index is 6.09. The van der Waals surface area contributed by atoms with E-state index in [1.165, 1.54) is 30.3 Å². The second kappa shape index (κ2) is 6.63. The Morgan fingerprint density at radius 3 is 3.10 bits per heavy atom. The van der Waals surface area contributed by atoms with Gasteiger partial charge in [0.25, 0.3) is 0 Å². The fourth-order valence-corrected chi connectivity index (χ4v) is 3.36. The average Bonchev–Trinajstić information content (AvgIpc) is 2.52. The van der Waals surface area contributed by atoms with E-state index in [1.54, 1.807) is 0 Å². The molecule has 2 aromatic rings. The first-order chi connectivity index (χ1) is 10.3. The van der Waals surface area contributed by atoms with Crippen LogP contribution in [0.25, 0.3) is 10.9 Å². The van der Waals surface area contributed by atoms with Crippen LogP contribution in [0, 0.1) is 0 Å². The van der Waals surface area contributed by atoms with Crippen molar-refractivity contribution < 1.29 is 0 Å². The van der Waals surface area contributed by atoms with Crippen molar-refractivity contribution >= 4 is 28.2 Å². The third-order valence-corrected chi connectivity index (χ3v) is 4.48. The molecule has 0 aliphatic carbocycles. The Bertz CT molecular complexity index is 614. The van der Waals surface area contributed by atoms with Gasteiger partial charge in [-0.05, 0) is 50.1 Å². The van der Waals surface area contributed by atoms with Gasteiger partial charge >= 0.3 is 0 Å². The number of hydrogen-bond acceptors (Lipinski definition) is 3. The molecule has 1 aromatic carbocycles. The van der Waals surface area contributed by atoms with Crippen LogP contribution in [-0.2, 0) is 0 Å². The van der Waals surface area contributed by atoms with Gasteiger partial charge in [-0.2, -0.15) is 0 Å². The normalized spacial score (nSPS) is 19.1. The largest absolute Gasteiger partial charge is 0.367 e. The molecule has 3 rings (SSSR count). The first kappa shape index (κ1) is 14.6. The van der Waals surface area contributed by atoms with E-state index in [0.29, 0.717) is 6.04 Å². The zero-order chi connectivity index (χ0) is 14.7. The summed E-state index contributed by atoms with van der Waals surface area (Å²) in [6.45, 7) is 5.36. The number of likely N-dealkylation sites (N-methyl/N-ethyl adjacent to an activating group) is 1. The van der Waals surface area contributed by atoms with Crippen LogP contribution in [0.4, 0.5) is 5.69 Å². The molecule has 0 spiro atoms. The summed E-state index contributed by atoms with van der Waals surface area (Å²) >= 11 is 6.09. The summed E-state index contributed by atoms with van der Waals surface area (Å²) in [4.78, 5) is 7.00. The van der Waals surface area contributed by atoms with Gasteiger partial charge < -0.3 is 10.2 Å². The number of pyridine rings is 1. The van der Waals surface area contributed by atoms with E-state index in [9.17, 15) is 0 Å². The van der Waals surface area contributed by atoms with Crippen LogP contribution in [-0.4, -0.2) is 30.7 Å². The molecule has 1 aliphatic heterocycles. The Balaban J connectivity index is 1.97. The maximum absolute atomic E-state index is 6.09. The van der Waals surface area contributed by atoms with E-state index >= 15 is 0 Å². The fraction of sp³-hybridized carbons (Fsp3) is 0.471. The van der Waals surface area contributed by atoms with Crippen molar-refractivity contribution in [1.82, 2.24) is 10.3 Å².